The second-order valence-corrected chi connectivity index (χ2v) is 6.07. The second-order valence-electron chi connectivity index (χ2n) is 3.84. The van der Waals surface area contributed by atoms with E-state index in [1.54, 1.807) is 0 Å². The van der Waals surface area contributed by atoms with Crippen LogP contribution in [-0.2, 0) is 14.6 Å². The van der Waals surface area contributed by atoms with Crippen molar-refractivity contribution in [2.45, 2.75) is 23.0 Å². The maximum absolute atomic E-state index is 13.0. The van der Waals surface area contributed by atoms with Crippen LogP contribution in [0.15, 0.2) is 29.2 Å². The lowest BCUT2D eigenvalue weighted by molar-refractivity contribution is 0.0991. The van der Waals surface area contributed by atoms with E-state index in [1.807, 2.05) is 0 Å². The normalized spacial score (nSPS) is 21.9. The van der Waals surface area contributed by atoms with Gasteiger partial charge in [-0.05, 0) is 31.0 Å². The molecule has 0 amide bonds. The Balaban J connectivity index is 2.30. The Bertz CT molecular complexity index is 464. The molecule has 1 fully saturated rings. The van der Waals surface area contributed by atoms with Crippen molar-refractivity contribution in [1.29, 1.82) is 0 Å². The van der Waals surface area contributed by atoms with Crippen LogP contribution in [0.1, 0.15) is 12.8 Å². The summed E-state index contributed by atoms with van der Waals surface area (Å²) in [4.78, 5) is 0.0444. The van der Waals surface area contributed by atoms with Crippen molar-refractivity contribution in [3.05, 3.63) is 30.1 Å². The van der Waals surface area contributed by atoms with Gasteiger partial charge in [-0.2, -0.15) is 0 Å². The van der Waals surface area contributed by atoms with Gasteiger partial charge in [-0.1, -0.05) is 6.07 Å². The van der Waals surface area contributed by atoms with Crippen LogP contribution in [-0.4, -0.2) is 26.9 Å². The minimum atomic E-state index is -3.45. The highest BCUT2D eigenvalue weighted by Gasteiger charge is 2.29. The van der Waals surface area contributed by atoms with E-state index in [0.29, 0.717) is 13.0 Å². The Morgan fingerprint density at radius 2 is 2.19 bits per heavy atom. The fourth-order valence-corrected chi connectivity index (χ4v) is 3.47. The molecule has 16 heavy (non-hydrogen) atoms. The van der Waals surface area contributed by atoms with E-state index in [4.69, 9.17) is 4.74 Å². The fraction of sp³-hybridized carbons (Fsp3) is 0.455. The molecular formula is C11H13FO3S. The zero-order valence-corrected chi connectivity index (χ0v) is 9.54. The highest BCUT2D eigenvalue weighted by Crippen LogP contribution is 2.22. The number of benzene rings is 1. The average Bonchev–Trinajstić information content (AvgIpc) is 2.30. The van der Waals surface area contributed by atoms with Gasteiger partial charge < -0.3 is 4.74 Å². The van der Waals surface area contributed by atoms with E-state index in [9.17, 15) is 12.8 Å². The van der Waals surface area contributed by atoms with Crippen molar-refractivity contribution in [3.63, 3.8) is 0 Å². The van der Waals surface area contributed by atoms with Crippen LogP contribution in [0.25, 0.3) is 0 Å². The van der Waals surface area contributed by atoms with Crippen LogP contribution < -0.4 is 0 Å². The van der Waals surface area contributed by atoms with Gasteiger partial charge in [0.1, 0.15) is 5.82 Å². The van der Waals surface area contributed by atoms with Crippen LogP contribution in [0, 0.1) is 5.82 Å². The molecule has 3 nitrogen and oxygen atoms in total. The van der Waals surface area contributed by atoms with E-state index >= 15 is 0 Å². The summed E-state index contributed by atoms with van der Waals surface area (Å²) >= 11 is 0. The highest BCUT2D eigenvalue weighted by molar-refractivity contribution is 7.92. The highest BCUT2D eigenvalue weighted by atomic mass is 32.2. The van der Waals surface area contributed by atoms with Crippen LogP contribution >= 0.6 is 0 Å². The van der Waals surface area contributed by atoms with Crippen molar-refractivity contribution in [2.24, 2.45) is 0 Å². The molecule has 1 atom stereocenters. The topological polar surface area (TPSA) is 43.4 Å². The number of hydrogen-bond donors (Lipinski definition) is 0. The Hall–Kier alpha value is -0.940. The summed E-state index contributed by atoms with van der Waals surface area (Å²) in [5.41, 5.74) is 0. The first-order valence-corrected chi connectivity index (χ1v) is 6.72. The predicted molar refractivity (Wildman–Crippen MR) is 57.4 cm³/mol. The molecule has 0 spiro atoms. The number of halogens is 1. The van der Waals surface area contributed by atoms with Crippen molar-refractivity contribution in [3.8, 4) is 0 Å². The molecule has 1 unspecified atom stereocenters. The minimum Gasteiger partial charge on any atom is -0.380 e. The Kier molecular flexibility index (Phi) is 3.25. The molecule has 0 aliphatic carbocycles. The van der Waals surface area contributed by atoms with Gasteiger partial charge in [0.15, 0.2) is 9.84 Å². The number of ether oxygens (including phenoxy) is 1. The lowest BCUT2D eigenvalue weighted by Crippen LogP contribution is -2.30. The number of hydrogen-bond acceptors (Lipinski definition) is 3. The van der Waals surface area contributed by atoms with Gasteiger partial charge in [-0.3, -0.25) is 0 Å². The van der Waals surface area contributed by atoms with Crippen molar-refractivity contribution in [2.75, 3.05) is 13.2 Å². The Morgan fingerprint density at radius 3 is 2.81 bits per heavy atom. The zero-order valence-electron chi connectivity index (χ0n) is 8.73. The summed E-state index contributed by atoms with van der Waals surface area (Å²) in [6.07, 6.45) is 1.32. The van der Waals surface area contributed by atoms with Gasteiger partial charge in [0.25, 0.3) is 0 Å². The molecular weight excluding hydrogens is 231 g/mol. The zero-order chi connectivity index (χ0) is 11.6. The molecule has 1 aromatic carbocycles. The largest absolute Gasteiger partial charge is 0.380 e. The first-order valence-electron chi connectivity index (χ1n) is 5.18. The summed E-state index contributed by atoms with van der Waals surface area (Å²) < 4.78 is 42.3. The van der Waals surface area contributed by atoms with E-state index in [-0.39, 0.29) is 11.5 Å². The van der Waals surface area contributed by atoms with Crippen LogP contribution in [0.5, 0.6) is 0 Å². The average molecular weight is 244 g/mol. The molecule has 1 heterocycles. The summed E-state index contributed by atoms with van der Waals surface area (Å²) in [6.45, 7) is 0.814. The molecule has 1 saturated heterocycles. The molecule has 2 rings (SSSR count). The quantitative estimate of drug-likeness (QED) is 0.796. The van der Waals surface area contributed by atoms with Gasteiger partial charge in [0.2, 0.25) is 0 Å². The first-order chi connectivity index (χ1) is 7.60. The summed E-state index contributed by atoms with van der Waals surface area (Å²) in [5, 5.41) is -0.539. The molecule has 0 radical (unpaired) electrons. The first kappa shape index (κ1) is 11.5. The monoisotopic (exact) mass is 244 g/mol. The Labute approximate surface area is 94.2 Å². The Morgan fingerprint density at radius 1 is 1.38 bits per heavy atom. The maximum Gasteiger partial charge on any atom is 0.183 e. The molecule has 0 saturated carbocycles. The summed E-state index contributed by atoms with van der Waals surface area (Å²) in [5.74, 6) is -0.530. The molecule has 1 aliphatic heterocycles. The van der Waals surface area contributed by atoms with Gasteiger partial charge in [-0.15, -0.1) is 0 Å². The van der Waals surface area contributed by atoms with Gasteiger partial charge >= 0.3 is 0 Å². The third-order valence-electron chi connectivity index (χ3n) is 2.68. The van der Waals surface area contributed by atoms with Gasteiger partial charge in [-0.25, -0.2) is 12.8 Å². The smallest absolute Gasteiger partial charge is 0.183 e. The number of sulfone groups is 1. The molecule has 1 aromatic rings. The molecule has 0 N–H and O–H groups in total. The van der Waals surface area contributed by atoms with Crippen LogP contribution in [0.4, 0.5) is 4.39 Å². The van der Waals surface area contributed by atoms with Crippen molar-refractivity contribution >= 4 is 9.84 Å². The van der Waals surface area contributed by atoms with Crippen LogP contribution in [0.2, 0.25) is 0 Å². The lowest BCUT2D eigenvalue weighted by Gasteiger charge is -2.22. The predicted octanol–water partition coefficient (Wildman–Crippen LogP) is 1.78. The van der Waals surface area contributed by atoms with Gasteiger partial charge in [0.05, 0.1) is 16.8 Å². The van der Waals surface area contributed by atoms with Crippen molar-refractivity contribution in [1.82, 2.24) is 0 Å². The standard InChI is InChI=1S/C11H13FO3S/c12-9-3-1-4-10(7-9)16(13,14)11-5-2-6-15-8-11/h1,3-4,7,11H,2,5-6,8H2. The maximum atomic E-state index is 13.0. The second kappa shape index (κ2) is 4.51. The molecule has 0 bridgehead atoms. The van der Waals surface area contributed by atoms with E-state index in [1.165, 1.54) is 18.2 Å². The summed E-state index contributed by atoms with van der Waals surface area (Å²) in [7, 11) is -3.45. The summed E-state index contributed by atoms with van der Waals surface area (Å²) in [6, 6.07) is 5.12. The molecule has 1 aliphatic rings. The third-order valence-corrected chi connectivity index (χ3v) is 4.84. The molecule has 0 aromatic heterocycles. The third kappa shape index (κ3) is 2.25. The van der Waals surface area contributed by atoms with E-state index in [2.05, 4.69) is 0 Å². The van der Waals surface area contributed by atoms with Crippen LogP contribution in [0.3, 0.4) is 0 Å². The van der Waals surface area contributed by atoms with E-state index in [0.717, 1.165) is 12.5 Å². The van der Waals surface area contributed by atoms with Crippen molar-refractivity contribution < 1.29 is 17.5 Å². The van der Waals surface area contributed by atoms with Gasteiger partial charge in [0, 0.05) is 6.61 Å². The molecule has 5 heteroatoms. The molecule has 88 valence electrons. The SMILES string of the molecule is O=S(=O)(c1cccc(F)c1)C1CCCOC1. The van der Waals surface area contributed by atoms with E-state index < -0.39 is 20.9 Å². The fourth-order valence-electron chi connectivity index (χ4n) is 1.79. The lowest BCUT2D eigenvalue weighted by atomic mass is 10.2. The number of rotatable bonds is 2. The minimum absolute atomic E-state index is 0.0444.